The first-order chi connectivity index (χ1) is 12.3. The van der Waals surface area contributed by atoms with Crippen LogP contribution in [0, 0.1) is 6.92 Å². The van der Waals surface area contributed by atoms with E-state index in [-0.39, 0.29) is 22.4 Å². The zero-order valence-electron chi connectivity index (χ0n) is 16.0. The van der Waals surface area contributed by atoms with Crippen molar-refractivity contribution in [1.82, 2.24) is 14.9 Å². The number of aromatic amines is 1. The number of benzene rings is 1. The van der Waals surface area contributed by atoms with Crippen LogP contribution in [-0.4, -0.2) is 33.9 Å². The average Bonchev–Trinajstić information content (AvgIpc) is 2.60. The van der Waals surface area contributed by atoms with Crippen molar-refractivity contribution in [2.75, 3.05) is 13.1 Å². The van der Waals surface area contributed by atoms with Gasteiger partial charge in [0.1, 0.15) is 11.4 Å². The van der Waals surface area contributed by atoms with E-state index in [0.717, 1.165) is 12.8 Å². The van der Waals surface area contributed by atoms with Gasteiger partial charge in [0, 0.05) is 30.6 Å². The summed E-state index contributed by atoms with van der Waals surface area (Å²) in [4.78, 5) is 34.2. The normalized spacial score (nSPS) is 18.0. The summed E-state index contributed by atoms with van der Waals surface area (Å²) in [6.07, 6.45) is 3.43. The molecule has 5 heteroatoms. The van der Waals surface area contributed by atoms with Crippen molar-refractivity contribution >= 4 is 5.91 Å². The third kappa shape index (κ3) is 3.87. The lowest BCUT2D eigenvalue weighted by Crippen LogP contribution is -2.41. The van der Waals surface area contributed by atoms with E-state index in [1.54, 1.807) is 4.90 Å². The summed E-state index contributed by atoms with van der Waals surface area (Å²) in [6, 6.07) is 8.45. The van der Waals surface area contributed by atoms with Crippen LogP contribution in [0.25, 0.3) is 0 Å². The highest BCUT2D eigenvalue weighted by molar-refractivity contribution is 5.93. The molecule has 0 bridgehead atoms. The first-order valence-electron chi connectivity index (χ1n) is 9.21. The summed E-state index contributed by atoms with van der Waals surface area (Å²) in [5, 5.41) is 0. The van der Waals surface area contributed by atoms with Gasteiger partial charge in [0.05, 0.1) is 0 Å². The van der Waals surface area contributed by atoms with Crippen molar-refractivity contribution in [2.24, 2.45) is 0 Å². The standard InChI is InChI=1S/C21H27N3O2/c1-14-7-5-8-15(11-14)16-9-6-10-24(13-16)19(26)17-12-22-20(21(2,3)4)23-18(17)25/h5,7-8,11-12,16H,6,9-10,13H2,1-4H3,(H,22,23,25). The molecule has 1 amide bonds. The minimum Gasteiger partial charge on any atom is -0.338 e. The van der Waals surface area contributed by atoms with E-state index in [4.69, 9.17) is 0 Å². The lowest BCUT2D eigenvalue weighted by Gasteiger charge is -2.33. The number of nitrogens with zero attached hydrogens (tertiary/aromatic N) is 2. The van der Waals surface area contributed by atoms with Crippen LogP contribution < -0.4 is 5.56 Å². The van der Waals surface area contributed by atoms with Crippen LogP contribution in [-0.2, 0) is 5.41 Å². The van der Waals surface area contributed by atoms with Gasteiger partial charge in [-0.2, -0.15) is 0 Å². The molecular formula is C21H27N3O2. The minimum absolute atomic E-state index is 0.128. The van der Waals surface area contributed by atoms with E-state index in [2.05, 4.69) is 41.2 Å². The van der Waals surface area contributed by atoms with Crippen molar-refractivity contribution < 1.29 is 4.79 Å². The molecule has 1 aliphatic heterocycles. The second kappa shape index (κ2) is 7.06. The Labute approximate surface area is 154 Å². The number of aromatic nitrogens is 2. The maximum atomic E-state index is 12.9. The smallest absolute Gasteiger partial charge is 0.263 e. The number of aryl methyl sites for hydroxylation is 1. The zero-order valence-corrected chi connectivity index (χ0v) is 16.0. The summed E-state index contributed by atoms with van der Waals surface area (Å²) in [5.74, 6) is 0.681. The number of nitrogens with one attached hydrogen (secondary N) is 1. The molecule has 26 heavy (non-hydrogen) atoms. The predicted molar refractivity (Wildman–Crippen MR) is 103 cm³/mol. The number of H-pyrrole nitrogens is 1. The molecule has 2 aromatic rings. The van der Waals surface area contributed by atoms with Gasteiger partial charge in [0.15, 0.2) is 0 Å². The van der Waals surface area contributed by atoms with E-state index >= 15 is 0 Å². The Bertz CT molecular complexity index is 864. The first-order valence-corrected chi connectivity index (χ1v) is 9.21. The van der Waals surface area contributed by atoms with Gasteiger partial charge < -0.3 is 9.88 Å². The molecule has 1 unspecified atom stereocenters. The van der Waals surface area contributed by atoms with Crippen LogP contribution in [0.3, 0.4) is 0 Å². The van der Waals surface area contributed by atoms with E-state index in [1.165, 1.54) is 17.3 Å². The molecule has 0 saturated carbocycles. The predicted octanol–water partition coefficient (Wildman–Crippen LogP) is 3.40. The van der Waals surface area contributed by atoms with Crippen molar-refractivity contribution in [3.8, 4) is 0 Å². The van der Waals surface area contributed by atoms with Gasteiger partial charge in [-0.1, -0.05) is 50.6 Å². The van der Waals surface area contributed by atoms with Crippen LogP contribution in [0.1, 0.15) is 66.8 Å². The number of likely N-dealkylation sites (tertiary alicyclic amines) is 1. The van der Waals surface area contributed by atoms with Crippen LogP contribution in [0.5, 0.6) is 0 Å². The van der Waals surface area contributed by atoms with Gasteiger partial charge in [-0.05, 0) is 25.3 Å². The van der Waals surface area contributed by atoms with Gasteiger partial charge in [-0.15, -0.1) is 0 Å². The van der Waals surface area contributed by atoms with Crippen molar-refractivity contribution in [2.45, 2.75) is 51.9 Å². The van der Waals surface area contributed by atoms with Gasteiger partial charge in [0.25, 0.3) is 11.5 Å². The quantitative estimate of drug-likeness (QED) is 0.900. The Morgan fingerprint density at radius 2 is 2.08 bits per heavy atom. The molecule has 1 N–H and O–H groups in total. The van der Waals surface area contributed by atoms with Crippen LogP contribution >= 0.6 is 0 Å². The summed E-state index contributed by atoms with van der Waals surface area (Å²) in [6.45, 7) is 9.33. The molecule has 3 rings (SSSR count). The maximum Gasteiger partial charge on any atom is 0.263 e. The third-order valence-electron chi connectivity index (χ3n) is 4.96. The highest BCUT2D eigenvalue weighted by atomic mass is 16.2. The van der Waals surface area contributed by atoms with Gasteiger partial charge in [-0.3, -0.25) is 9.59 Å². The molecule has 1 saturated heterocycles. The van der Waals surface area contributed by atoms with Crippen LogP contribution in [0.15, 0.2) is 35.3 Å². The third-order valence-corrected chi connectivity index (χ3v) is 4.96. The lowest BCUT2D eigenvalue weighted by atomic mass is 9.89. The minimum atomic E-state index is -0.354. The van der Waals surface area contributed by atoms with Crippen molar-refractivity contribution in [3.05, 3.63) is 63.3 Å². The molecule has 138 valence electrons. The highest BCUT2D eigenvalue weighted by Gasteiger charge is 2.28. The molecule has 0 spiro atoms. The summed E-state index contributed by atoms with van der Waals surface area (Å²) < 4.78 is 0. The van der Waals surface area contributed by atoms with E-state index < -0.39 is 0 Å². The average molecular weight is 353 g/mol. The number of piperidine rings is 1. The number of rotatable bonds is 2. The Hall–Kier alpha value is -2.43. The largest absolute Gasteiger partial charge is 0.338 e. The molecule has 0 aliphatic carbocycles. The molecule has 1 fully saturated rings. The van der Waals surface area contributed by atoms with Crippen LogP contribution in [0.2, 0.25) is 0 Å². The molecule has 1 aromatic heterocycles. The van der Waals surface area contributed by atoms with Gasteiger partial charge in [-0.25, -0.2) is 4.98 Å². The van der Waals surface area contributed by atoms with Gasteiger partial charge in [0.2, 0.25) is 0 Å². The Morgan fingerprint density at radius 1 is 1.31 bits per heavy atom. The fraction of sp³-hybridized carbons (Fsp3) is 0.476. The van der Waals surface area contributed by atoms with Crippen molar-refractivity contribution in [1.29, 1.82) is 0 Å². The SMILES string of the molecule is Cc1cccc(C2CCCN(C(=O)c3cnc(C(C)(C)C)[nH]c3=O)C2)c1. The number of hydrogen-bond acceptors (Lipinski definition) is 3. The first kappa shape index (κ1) is 18.4. The fourth-order valence-corrected chi connectivity index (χ4v) is 3.46. The van der Waals surface area contributed by atoms with Gasteiger partial charge >= 0.3 is 0 Å². The number of carbonyl (C=O) groups is 1. The second-order valence-electron chi connectivity index (χ2n) is 8.23. The number of amides is 1. The van der Waals surface area contributed by atoms with Crippen LogP contribution in [0.4, 0.5) is 0 Å². The fourth-order valence-electron chi connectivity index (χ4n) is 3.46. The molecule has 5 nitrogen and oxygen atoms in total. The molecule has 1 aliphatic rings. The summed E-state index contributed by atoms with van der Waals surface area (Å²) >= 11 is 0. The van der Waals surface area contributed by atoms with Crippen molar-refractivity contribution in [3.63, 3.8) is 0 Å². The number of hydrogen-bond donors (Lipinski definition) is 1. The van der Waals surface area contributed by atoms with E-state index in [1.807, 2.05) is 20.8 Å². The number of carbonyl (C=O) groups excluding carboxylic acids is 1. The highest BCUT2D eigenvalue weighted by Crippen LogP contribution is 2.28. The Kier molecular flexibility index (Phi) is 4.99. The molecular weight excluding hydrogens is 326 g/mol. The maximum absolute atomic E-state index is 12.9. The van der Waals surface area contributed by atoms with E-state index in [9.17, 15) is 9.59 Å². The summed E-state index contributed by atoms with van der Waals surface area (Å²) in [5.41, 5.74) is 2.00. The monoisotopic (exact) mass is 353 g/mol. The topological polar surface area (TPSA) is 66.1 Å². The van der Waals surface area contributed by atoms with E-state index in [0.29, 0.717) is 24.8 Å². The Balaban J connectivity index is 1.80. The second-order valence-corrected chi connectivity index (χ2v) is 8.23. The Morgan fingerprint density at radius 3 is 2.73 bits per heavy atom. The zero-order chi connectivity index (χ0) is 18.9. The lowest BCUT2D eigenvalue weighted by molar-refractivity contribution is 0.0704. The molecule has 2 heterocycles. The molecule has 1 atom stereocenters. The molecule has 0 radical (unpaired) electrons. The molecule has 1 aromatic carbocycles. The summed E-state index contributed by atoms with van der Waals surface area (Å²) in [7, 11) is 0.